The first-order chi connectivity index (χ1) is 9.19. The van der Waals surface area contributed by atoms with Gasteiger partial charge in [0.15, 0.2) is 0 Å². The highest BCUT2D eigenvalue weighted by molar-refractivity contribution is 5.48. The van der Waals surface area contributed by atoms with Gasteiger partial charge in [0.2, 0.25) is 0 Å². The summed E-state index contributed by atoms with van der Waals surface area (Å²) in [6, 6.07) is 12.7. The minimum atomic E-state index is 0.808. The van der Waals surface area contributed by atoms with Crippen molar-refractivity contribution in [1.29, 1.82) is 0 Å². The van der Waals surface area contributed by atoms with Crippen LogP contribution in [0.25, 0.3) is 0 Å². The number of anilines is 2. The SMILES string of the molecule is CCNc1ccnc(CN(C)c2ccc(C)cc2)c1. The van der Waals surface area contributed by atoms with Gasteiger partial charge < -0.3 is 10.2 Å². The van der Waals surface area contributed by atoms with Gasteiger partial charge in [0.1, 0.15) is 0 Å². The van der Waals surface area contributed by atoms with E-state index >= 15 is 0 Å². The predicted molar refractivity (Wildman–Crippen MR) is 81.7 cm³/mol. The zero-order valence-electron chi connectivity index (χ0n) is 11.9. The van der Waals surface area contributed by atoms with Gasteiger partial charge in [-0.3, -0.25) is 4.98 Å². The number of pyridine rings is 1. The van der Waals surface area contributed by atoms with E-state index in [0.717, 1.165) is 24.5 Å². The van der Waals surface area contributed by atoms with Crippen molar-refractivity contribution in [2.75, 3.05) is 23.8 Å². The fourth-order valence-corrected chi connectivity index (χ4v) is 2.01. The molecule has 19 heavy (non-hydrogen) atoms. The molecule has 0 aliphatic carbocycles. The molecule has 0 saturated heterocycles. The molecule has 0 aliphatic heterocycles. The summed E-state index contributed by atoms with van der Waals surface area (Å²) in [6.45, 7) is 5.93. The first-order valence-corrected chi connectivity index (χ1v) is 6.65. The van der Waals surface area contributed by atoms with Crippen molar-refractivity contribution in [3.8, 4) is 0 Å². The first-order valence-electron chi connectivity index (χ1n) is 6.65. The number of nitrogens with one attached hydrogen (secondary N) is 1. The monoisotopic (exact) mass is 255 g/mol. The molecule has 1 heterocycles. The summed E-state index contributed by atoms with van der Waals surface area (Å²) >= 11 is 0. The Balaban J connectivity index is 2.07. The molecule has 2 rings (SSSR count). The topological polar surface area (TPSA) is 28.2 Å². The number of hydrogen-bond donors (Lipinski definition) is 1. The van der Waals surface area contributed by atoms with E-state index in [-0.39, 0.29) is 0 Å². The Morgan fingerprint density at radius 2 is 1.89 bits per heavy atom. The van der Waals surface area contributed by atoms with E-state index in [2.05, 4.69) is 66.4 Å². The zero-order valence-corrected chi connectivity index (χ0v) is 11.9. The van der Waals surface area contributed by atoms with Crippen LogP contribution in [0.4, 0.5) is 11.4 Å². The predicted octanol–water partition coefficient (Wildman–Crippen LogP) is 3.46. The molecule has 0 atom stereocenters. The lowest BCUT2D eigenvalue weighted by atomic mass is 10.2. The summed E-state index contributed by atoms with van der Waals surface area (Å²) in [4.78, 5) is 6.63. The standard InChI is InChI=1S/C16H21N3/c1-4-17-14-9-10-18-15(11-14)12-19(3)16-7-5-13(2)6-8-16/h5-11H,4,12H2,1-3H3,(H,17,18). The van der Waals surface area contributed by atoms with E-state index in [0.29, 0.717) is 0 Å². The van der Waals surface area contributed by atoms with Crippen LogP contribution < -0.4 is 10.2 Å². The average Bonchev–Trinajstić information content (AvgIpc) is 2.40. The second-order valence-electron chi connectivity index (χ2n) is 4.76. The molecule has 0 bridgehead atoms. The maximum atomic E-state index is 4.42. The molecule has 0 radical (unpaired) electrons. The lowest BCUT2D eigenvalue weighted by Crippen LogP contribution is -2.17. The molecule has 100 valence electrons. The third-order valence-corrected chi connectivity index (χ3v) is 3.07. The van der Waals surface area contributed by atoms with Gasteiger partial charge in [-0.1, -0.05) is 17.7 Å². The first kappa shape index (κ1) is 13.4. The lowest BCUT2D eigenvalue weighted by molar-refractivity contribution is 0.885. The van der Waals surface area contributed by atoms with Crippen molar-refractivity contribution >= 4 is 11.4 Å². The normalized spacial score (nSPS) is 10.3. The van der Waals surface area contributed by atoms with Crippen molar-refractivity contribution in [2.45, 2.75) is 20.4 Å². The average molecular weight is 255 g/mol. The maximum absolute atomic E-state index is 4.42. The Morgan fingerprint density at radius 3 is 2.58 bits per heavy atom. The number of aryl methyl sites for hydroxylation is 1. The van der Waals surface area contributed by atoms with Crippen molar-refractivity contribution in [2.24, 2.45) is 0 Å². The molecule has 1 N–H and O–H groups in total. The van der Waals surface area contributed by atoms with Crippen LogP contribution in [0, 0.1) is 6.92 Å². The number of benzene rings is 1. The summed E-state index contributed by atoms with van der Waals surface area (Å²) in [5.74, 6) is 0. The fraction of sp³-hybridized carbons (Fsp3) is 0.312. The number of nitrogens with zero attached hydrogens (tertiary/aromatic N) is 2. The Bertz CT molecular complexity index is 520. The molecule has 0 spiro atoms. The summed E-state index contributed by atoms with van der Waals surface area (Å²) in [7, 11) is 2.09. The molecule has 1 aromatic heterocycles. The number of aromatic nitrogens is 1. The zero-order chi connectivity index (χ0) is 13.7. The van der Waals surface area contributed by atoms with Gasteiger partial charge in [0, 0.05) is 31.2 Å². The minimum Gasteiger partial charge on any atom is -0.385 e. The van der Waals surface area contributed by atoms with E-state index in [1.54, 1.807) is 0 Å². The molecule has 0 unspecified atom stereocenters. The van der Waals surface area contributed by atoms with Gasteiger partial charge in [-0.05, 0) is 38.1 Å². The van der Waals surface area contributed by atoms with Gasteiger partial charge in [-0.25, -0.2) is 0 Å². The summed E-state index contributed by atoms with van der Waals surface area (Å²) in [5, 5.41) is 3.31. The van der Waals surface area contributed by atoms with E-state index in [4.69, 9.17) is 0 Å². The summed E-state index contributed by atoms with van der Waals surface area (Å²) < 4.78 is 0. The highest BCUT2D eigenvalue weighted by Crippen LogP contribution is 2.16. The lowest BCUT2D eigenvalue weighted by Gasteiger charge is -2.19. The highest BCUT2D eigenvalue weighted by atomic mass is 15.1. The molecule has 3 nitrogen and oxygen atoms in total. The van der Waals surface area contributed by atoms with Crippen molar-refractivity contribution in [3.05, 3.63) is 53.9 Å². The third kappa shape index (κ3) is 3.71. The van der Waals surface area contributed by atoms with Gasteiger partial charge >= 0.3 is 0 Å². The Morgan fingerprint density at radius 1 is 1.16 bits per heavy atom. The second-order valence-corrected chi connectivity index (χ2v) is 4.76. The largest absolute Gasteiger partial charge is 0.385 e. The van der Waals surface area contributed by atoms with E-state index in [9.17, 15) is 0 Å². The molecule has 0 saturated carbocycles. The van der Waals surface area contributed by atoms with E-state index < -0.39 is 0 Å². The van der Waals surface area contributed by atoms with Crippen LogP contribution in [0.15, 0.2) is 42.6 Å². The van der Waals surface area contributed by atoms with Crippen LogP contribution >= 0.6 is 0 Å². The van der Waals surface area contributed by atoms with Gasteiger partial charge in [0.05, 0.1) is 12.2 Å². The molecular weight excluding hydrogens is 234 g/mol. The minimum absolute atomic E-state index is 0.808. The van der Waals surface area contributed by atoms with E-state index in [1.165, 1.54) is 11.3 Å². The maximum Gasteiger partial charge on any atom is 0.0617 e. The van der Waals surface area contributed by atoms with Crippen molar-refractivity contribution < 1.29 is 0 Å². The smallest absolute Gasteiger partial charge is 0.0617 e. The quantitative estimate of drug-likeness (QED) is 0.887. The van der Waals surface area contributed by atoms with Crippen LogP contribution in [-0.2, 0) is 6.54 Å². The molecule has 0 amide bonds. The summed E-state index contributed by atoms with van der Waals surface area (Å²) in [5.41, 5.74) is 4.69. The van der Waals surface area contributed by atoms with Crippen LogP contribution in [-0.4, -0.2) is 18.6 Å². The Labute approximate surface area is 115 Å². The second kappa shape index (κ2) is 6.23. The third-order valence-electron chi connectivity index (χ3n) is 3.07. The Hall–Kier alpha value is -2.03. The van der Waals surface area contributed by atoms with Gasteiger partial charge in [0.25, 0.3) is 0 Å². The molecule has 0 fully saturated rings. The number of rotatable bonds is 5. The van der Waals surface area contributed by atoms with Gasteiger partial charge in [-0.15, -0.1) is 0 Å². The molecule has 3 heteroatoms. The van der Waals surface area contributed by atoms with Crippen molar-refractivity contribution in [1.82, 2.24) is 4.98 Å². The highest BCUT2D eigenvalue weighted by Gasteiger charge is 2.03. The Kier molecular flexibility index (Phi) is 4.39. The fourth-order valence-electron chi connectivity index (χ4n) is 2.01. The molecule has 0 aliphatic rings. The molecule has 2 aromatic rings. The van der Waals surface area contributed by atoms with E-state index in [1.807, 2.05) is 12.3 Å². The van der Waals surface area contributed by atoms with Crippen LogP contribution in [0.2, 0.25) is 0 Å². The number of hydrogen-bond acceptors (Lipinski definition) is 3. The van der Waals surface area contributed by atoms with Crippen LogP contribution in [0.3, 0.4) is 0 Å². The molecular formula is C16H21N3. The van der Waals surface area contributed by atoms with Crippen LogP contribution in [0.5, 0.6) is 0 Å². The molecule has 1 aromatic carbocycles. The van der Waals surface area contributed by atoms with Crippen LogP contribution in [0.1, 0.15) is 18.2 Å². The summed E-state index contributed by atoms with van der Waals surface area (Å²) in [6.07, 6.45) is 1.86. The van der Waals surface area contributed by atoms with Gasteiger partial charge in [-0.2, -0.15) is 0 Å². The van der Waals surface area contributed by atoms with Crippen molar-refractivity contribution in [3.63, 3.8) is 0 Å².